The summed E-state index contributed by atoms with van der Waals surface area (Å²) in [6.07, 6.45) is 0. The third-order valence-corrected chi connectivity index (χ3v) is 5.23. The smallest absolute Gasteiger partial charge is 0.238 e. The molecule has 0 aliphatic rings. The van der Waals surface area contributed by atoms with Crippen molar-refractivity contribution in [3.05, 3.63) is 76.2 Å². The number of nitrogens with one attached hydrogen (secondary N) is 3. The van der Waals surface area contributed by atoms with Gasteiger partial charge in [-0.2, -0.15) is 0 Å². The number of benzene rings is 2. The monoisotopic (exact) mass is 427 g/mol. The maximum atomic E-state index is 13.3. The standard InChI is InChI=1S/C22H22FN3O3S/c1-14(27)25-17-9-10-19(29-2)18(12-17)26-21(28)13-24-22(20-4-3-11-30-20)15-5-7-16(23)8-6-15/h3-12,22,24H,13H2,1-2H3,(H,25,27)(H,26,28)/t22-/m0/s1. The number of hydrogen-bond acceptors (Lipinski definition) is 5. The Kier molecular flexibility index (Phi) is 7.16. The maximum absolute atomic E-state index is 13.3. The summed E-state index contributed by atoms with van der Waals surface area (Å²) < 4.78 is 18.6. The van der Waals surface area contributed by atoms with E-state index in [9.17, 15) is 14.0 Å². The molecule has 0 bridgehead atoms. The van der Waals surface area contributed by atoms with Crippen LogP contribution in [0.15, 0.2) is 60.0 Å². The highest BCUT2D eigenvalue weighted by molar-refractivity contribution is 7.10. The molecule has 1 heterocycles. The first-order chi connectivity index (χ1) is 14.5. The van der Waals surface area contributed by atoms with Gasteiger partial charge in [0.1, 0.15) is 11.6 Å². The van der Waals surface area contributed by atoms with Crippen molar-refractivity contribution in [1.82, 2.24) is 5.32 Å². The fraction of sp³-hybridized carbons (Fsp3) is 0.182. The number of rotatable bonds is 8. The lowest BCUT2D eigenvalue weighted by molar-refractivity contribution is -0.115. The van der Waals surface area contributed by atoms with Gasteiger partial charge in [0.05, 0.1) is 25.4 Å². The topological polar surface area (TPSA) is 79.5 Å². The molecule has 0 unspecified atom stereocenters. The first-order valence-electron chi connectivity index (χ1n) is 9.24. The highest BCUT2D eigenvalue weighted by atomic mass is 32.1. The summed E-state index contributed by atoms with van der Waals surface area (Å²) in [4.78, 5) is 24.9. The van der Waals surface area contributed by atoms with Crippen molar-refractivity contribution in [2.45, 2.75) is 13.0 Å². The third kappa shape index (κ3) is 5.65. The zero-order chi connectivity index (χ0) is 21.5. The van der Waals surface area contributed by atoms with Crippen LogP contribution < -0.4 is 20.7 Å². The average Bonchev–Trinajstić information content (AvgIpc) is 3.24. The Morgan fingerprint density at radius 2 is 1.87 bits per heavy atom. The minimum Gasteiger partial charge on any atom is -0.495 e. The zero-order valence-corrected chi connectivity index (χ0v) is 17.4. The fourth-order valence-electron chi connectivity index (χ4n) is 2.97. The van der Waals surface area contributed by atoms with Gasteiger partial charge in [0, 0.05) is 17.5 Å². The van der Waals surface area contributed by atoms with E-state index in [0.717, 1.165) is 10.4 Å². The summed E-state index contributed by atoms with van der Waals surface area (Å²) in [5, 5.41) is 10.7. The van der Waals surface area contributed by atoms with Gasteiger partial charge in [-0.1, -0.05) is 18.2 Å². The van der Waals surface area contributed by atoms with Crippen LogP contribution in [-0.2, 0) is 9.59 Å². The van der Waals surface area contributed by atoms with E-state index in [1.807, 2.05) is 17.5 Å². The summed E-state index contributed by atoms with van der Waals surface area (Å²) >= 11 is 1.55. The van der Waals surface area contributed by atoms with Gasteiger partial charge in [-0.15, -0.1) is 11.3 Å². The van der Waals surface area contributed by atoms with Crippen molar-refractivity contribution in [1.29, 1.82) is 0 Å². The minimum absolute atomic E-state index is 0.0213. The fourth-order valence-corrected chi connectivity index (χ4v) is 3.80. The zero-order valence-electron chi connectivity index (χ0n) is 16.6. The Balaban J connectivity index is 1.72. The predicted octanol–water partition coefficient (Wildman–Crippen LogP) is 4.17. The molecule has 0 spiro atoms. The SMILES string of the molecule is COc1ccc(NC(C)=O)cc1NC(=O)CN[C@@H](c1ccc(F)cc1)c1cccs1. The first kappa shape index (κ1) is 21.5. The van der Waals surface area contributed by atoms with Crippen molar-refractivity contribution < 1.29 is 18.7 Å². The number of thiophene rings is 1. The second kappa shape index (κ2) is 10.00. The van der Waals surface area contributed by atoms with Gasteiger partial charge in [-0.05, 0) is 47.3 Å². The van der Waals surface area contributed by atoms with Gasteiger partial charge in [0.25, 0.3) is 0 Å². The van der Waals surface area contributed by atoms with Gasteiger partial charge < -0.3 is 15.4 Å². The van der Waals surface area contributed by atoms with E-state index in [4.69, 9.17) is 4.74 Å². The molecule has 0 aliphatic carbocycles. The van der Waals surface area contributed by atoms with E-state index in [1.165, 1.54) is 26.2 Å². The Hall–Kier alpha value is -3.23. The highest BCUT2D eigenvalue weighted by Gasteiger charge is 2.17. The molecule has 1 aromatic heterocycles. The van der Waals surface area contributed by atoms with Gasteiger partial charge in [0.2, 0.25) is 11.8 Å². The van der Waals surface area contributed by atoms with Crippen LogP contribution in [-0.4, -0.2) is 25.5 Å². The van der Waals surface area contributed by atoms with Crippen LogP contribution in [0.3, 0.4) is 0 Å². The minimum atomic E-state index is -0.312. The highest BCUT2D eigenvalue weighted by Crippen LogP contribution is 2.28. The summed E-state index contributed by atoms with van der Waals surface area (Å²) in [5.41, 5.74) is 1.86. The third-order valence-electron chi connectivity index (χ3n) is 4.29. The Morgan fingerprint density at radius 1 is 1.10 bits per heavy atom. The second-order valence-electron chi connectivity index (χ2n) is 6.53. The van der Waals surface area contributed by atoms with Crippen LogP contribution in [0.2, 0.25) is 0 Å². The number of ether oxygens (including phenoxy) is 1. The molecule has 2 amide bonds. The van der Waals surface area contributed by atoms with Crippen LogP contribution in [0.1, 0.15) is 23.4 Å². The molecule has 0 aliphatic heterocycles. The van der Waals surface area contributed by atoms with Crippen LogP contribution in [0.25, 0.3) is 0 Å². The Morgan fingerprint density at radius 3 is 2.50 bits per heavy atom. The Labute approximate surface area is 178 Å². The number of carbonyl (C=O) groups is 2. The first-order valence-corrected chi connectivity index (χ1v) is 10.1. The lowest BCUT2D eigenvalue weighted by atomic mass is 10.1. The molecule has 0 saturated carbocycles. The molecule has 0 saturated heterocycles. The summed E-state index contributed by atoms with van der Waals surface area (Å²) in [6, 6.07) is 14.8. The summed E-state index contributed by atoms with van der Waals surface area (Å²) in [5.74, 6) is -0.326. The molecule has 0 radical (unpaired) electrons. The second-order valence-corrected chi connectivity index (χ2v) is 7.50. The molecule has 1 atom stereocenters. The number of halogens is 1. The van der Waals surface area contributed by atoms with Gasteiger partial charge >= 0.3 is 0 Å². The van der Waals surface area contributed by atoms with E-state index >= 15 is 0 Å². The lowest BCUT2D eigenvalue weighted by Crippen LogP contribution is -2.31. The largest absolute Gasteiger partial charge is 0.495 e. The number of amides is 2. The molecule has 156 valence electrons. The molecule has 0 fully saturated rings. The summed E-state index contributed by atoms with van der Waals surface area (Å²) in [7, 11) is 1.50. The predicted molar refractivity (Wildman–Crippen MR) is 116 cm³/mol. The number of anilines is 2. The maximum Gasteiger partial charge on any atom is 0.238 e. The molecule has 3 rings (SSSR count). The van der Waals surface area contributed by atoms with Crippen molar-refractivity contribution in [3.63, 3.8) is 0 Å². The van der Waals surface area contributed by atoms with Crippen LogP contribution in [0.4, 0.5) is 15.8 Å². The van der Waals surface area contributed by atoms with Gasteiger partial charge in [-0.3, -0.25) is 14.9 Å². The van der Waals surface area contributed by atoms with Crippen molar-refractivity contribution >= 4 is 34.5 Å². The van der Waals surface area contributed by atoms with Gasteiger partial charge in [0.15, 0.2) is 0 Å². The quantitative estimate of drug-likeness (QED) is 0.504. The molecule has 3 aromatic rings. The molecule has 2 aromatic carbocycles. The molecule has 6 nitrogen and oxygen atoms in total. The van der Waals surface area contributed by atoms with E-state index < -0.39 is 0 Å². The van der Waals surface area contributed by atoms with Gasteiger partial charge in [-0.25, -0.2) is 4.39 Å². The average molecular weight is 428 g/mol. The Bertz CT molecular complexity index is 1010. The normalized spacial score (nSPS) is 11.6. The van der Waals surface area contributed by atoms with E-state index in [2.05, 4.69) is 16.0 Å². The van der Waals surface area contributed by atoms with Crippen LogP contribution in [0.5, 0.6) is 5.75 Å². The number of methoxy groups -OCH3 is 1. The lowest BCUT2D eigenvalue weighted by Gasteiger charge is -2.18. The number of carbonyl (C=O) groups excluding carboxylic acids is 2. The molecule has 8 heteroatoms. The molecule has 3 N–H and O–H groups in total. The van der Waals surface area contributed by atoms with E-state index in [-0.39, 0.29) is 30.2 Å². The van der Waals surface area contributed by atoms with Crippen molar-refractivity contribution in [3.8, 4) is 5.75 Å². The van der Waals surface area contributed by atoms with Crippen molar-refractivity contribution in [2.24, 2.45) is 0 Å². The summed E-state index contributed by atoms with van der Waals surface area (Å²) in [6.45, 7) is 1.43. The van der Waals surface area contributed by atoms with E-state index in [0.29, 0.717) is 17.1 Å². The molecule has 30 heavy (non-hydrogen) atoms. The molecular formula is C22H22FN3O3S. The van der Waals surface area contributed by atoms with Crippen LogP contribution >= 0.6 is 11.3 Å². The van der Waals surface area contributed by atoms with E-state index in [1.54, 1.807) is 41.7 Å². The van der Waals surface area contributed by atoms with Crippen molar-refractivity contribution in [2.75, 3.05) is 24.3 Å². The number of hydrogen-bond donors (Lipinski definition) is 3. The van der Waals surface area contributed by atoms with Crippen LogP contribution in [0, 0.1) is 5.82 Å². The molecular weight excluding hydrogens is 405 g/mol.